The van der Waals surface area contributed by atoms with Gasteiger partial charge in [-0.25, -0.2) is 0 Å². The molecule has 6 nitrogen and oxygen atoms in total. The molecule has 228 valence electrons. The van der Waals surface area contributed by atoms with Crippen LogP contribution in [-0.4, -0.2) is 25.0 Å². The molecule has 8 heteroatoms. The van der Waals surface area contributed by atoms with E-state index in [2.05, 4.69) is 42.5 Å². The van der Waals surface area contributed by atoms with Crippen LogP contribution in [0.2, 0.25) is 0 Å². The van der Waals surface area contributed by atoms with Gasteiger partial charge in [-0.15, -0.1) is 0 Å². The summed E-state index contributed by atoms with van der Waals surface area (Å²) in [5.74, 6) is 0.523. The highest BCUT2D eigenvalue weighted by molar-refractivity contribution is 9.11. The number of ether oxygens (including phenoxy) is 2. The van der Waals surface area contributed by atoms with Gasteiger partial charge in [0.1, 0.15) is 11.5 Å². The number of benzene rings is 6. The minimum Gasteiger partial charge on any atom is -0.483 e. The van der Waals surface area contributed by atoms with Crippen molar-refractivity contribution in [2.75, 3.05) is 23.8 Å². The fourth-order valence-electron chi connectivity index (χ4n) is 5.04. The number of carbonyl (C=O) groups excluding carboxylic acids is 2. The Hall–Kier alpha value is -4.92. The van der Waals surface area contributed by atoms with E-state index in [1.54, 1.807) is 0 Å². The zero-order valence-corrected chi connectivity index (χ0v) is 27.7. The van der Waals surface area contributed by atoms with E-state index in [-0.39, 0.29) is 25.0 Å². The molecular formula is C38H28Br2N2O4. The first-order valence-corrected chi connectivity index (χ1v) is 16.1. The van der Waals surface area contributed by atoms with E-state index in [1.165, 1.54) is 0 Å². The van der Waals surface area contributed by atoms with Crippen LogP contribution in [0, 0.1) is 0 Å². The number of carbonyl (C=O) groups is 2. The first-order chi connectivity index (χ1) is 22.4. The first kappa shape index (κ1) is 31.1. The maximum atomic E-state index is 12.9. The molecule has 0 spiro atoms. The molecule has 0 unspecified atom stereocenters. The Morgan fingerprint density at radius 3 is 1.28 bits per heavy atom. The van der Waals surface area contributed by atoms with Crippen molar-refractivity contribution >= 4 is 65.8 Å². The average molecular weight is 736 g/mol. The minimum atomic E-state index is -0.307. The maximum Gasteiger partial charge on any atom is 0.262 e. The molecule has 6 aromatic carbocycles. The van der Waals surface area contributed by atoms with Crippen LogP contribution in [0.5, 0.6) is 11.5 Å². The number of rotatable bonds is 10. The third kappa shape index (κ3) is 7.47. The average Bonchev–Trinajstić information content (AvgIpc) is 3.08. The zero-order valence-electron chi connectivity index (χ0n) is 24.5. The highest BCUT2D eigenvalue weighted by atomic mass is 79.9. The number of hydrogen-bond donors (Lipinski definition) is 2. The van der Waals surface area contributed by atoms with Crippen LogP contribution >= 0.6 is 31.9 Å². The number of anilines is 2. The molecule has 0 aromatic heterocycles. The summed E-state index contributed by atoms with van der Waals surface area (Å²) in [6, 6.07) is 42.7. The highest BCUT2D eigenvalue weighted by Crippen LogP contribution is 2.33. The predicted molar refractivity (Wildman–Crippen MR) is 191 cm³/mol. The topological polar surface area (TPSA) is 76.7 Å². The van der Waals surface area contributed by atoms with Gasteiger partial charge in [0.25, 0.3) is 11.8 Å². The summed E-state index contributed by atoms with van der Waals surface area (Å²) in [7, 11) is 0. The molecule has 0 heterocycles. The first-order valence-electron chi connectivity index (χ1n) is 14.5. The summed E-state index contributed by atoms with van der Waals surface area (Å²) in [4.78, 5) is 25.8. The zero-order chi connectivity index (χ0) is 31.9. The van der Waals surface area contributed by atoms with E-state index in [4.69, 9.17) is 9.47 Å². The molecule has 0 aliphatic heterocycles. The molecule has 0 aliphatic rings. The van der Waals surface area contributed by atoms with Crippen molar-refractivity contribution in [3.05, 3.63) is 142 Å². The van der Waals surface area contributed by atoms with Crippen molar-refractivity contribution in [3.8, 4) is 33.8 Å². The molecule has 0 bridgehead atoms. The van der Waals surface area contributed by atoms with Gasteiger partial charge in [-0.2, -0.15) is 0 Å². The third-order valence-electron chi connectivity index (χ3n) is 7.27. The van der Waals surface area contributed by atoms with Gasteiger partial charge in [-0.05, 0) is 90.5 Å². The number of halogens is 2. The van der Waals surface area contributed by atoms with Gasteiger partial charge in [0, 0.05) is 22.1 Å². The second-order valence-electron chi connectivity index (χ2n) is 10.4. The normalized spacial score (nSPS) is 10.7. The number of hydrogen-bond acceptors (Lipinski definition) is 4. The number of nitrogens with one attached hydrogen (secondary N) is 2. The van der Waals surface area contributed by atoms with E-state index in [9.17, 15) is 9.59 Å². The van der Waals surface area contributed by atoms with Crippen molar-refractivity contribution in [2.45, 2.75) is 0 Å². The van der Waals surface area contributed by atoms with E-state index in [0.717, 1.165) is 42.0 Å². The standard InChI is InChI=1S/C38H28Br2N2O4/c39-31-21-27(25-9-3-1-4-10-25)17-19-35(31)45-23-37(43)41-33-15-7-14-30-29(33)13-8-16-34(30)42-38(44)24-46-36-20-18-28(22-32(36)40)26-11-5-2-6-12-26/h1-22H,23-24H2,(H,41,43)(H,42,44). The summed E-state index contributed by atoms with van der Waals surface area (Å²) in [6.07, 6.45) is 0. The summed E-state index contributed by atoms with van der Waals surface area (Å²) in [5.41, 5.74) is 5.49. The Bertz CT molecular complexity index is 1870. The van der Waals surface area contributed by atoms with Crippen LogP contribution in [0.1, 0.15) is 0 Å². The second kappa shape index (κ2) is 14.5. The van der Waals surface area contributed by atoms with E-state index in [0.29, 0.717) is 22.9 Å². The van der Waals surface area contributed by atoms with Gasteiger partial charge in [-0.1, -0.05) is 97.1 Å². The molecule has 0 fully saturated rings. The maximum absolute atomic E-state index is 12.9. The van der Waals surface area contributed by atoms with Gasteiger partial charge < -0.3 is 20.1 Å². The molecule has 2 N–H and O–H groups in total. The van der Waals surface area contributed by atoms with Crippen LogP contribution in [0.15, 0.2) is 142 Å². The molecular weight excluding hydrogens is 708 g/mol. The lowest BCUT2D eigenvalue weighted by Crippen LogP contribution is -2.21. The van der Waals surface area contributed by atoms with Gasteiger partial charge in [0.2, 0.25) is 0 Å². The van der Waals surface area contributed by atoms with Crippen LogP contribution < -0.4 is 20.1 Å². The second-order valence-corrected chi connectivity index (χ2v) is 12.1. The fraction of sp³-hybridized carbons (Fsp3) is 0.0526. The smallest absolute Gasteiger partial charge is 0.262 e. The molecule has 46 heavy (non-hydrogen) atoms. The van der Waals surface area contributed by atoms with Gasteiger partial charge >= 0.3 is 0 Å². The van der Waals surface area contributed by atoms with E-state index < -0.39 is 0 Å². The molecule has 0 radical (unpaired) electrons. The van der Waals surface area contributed by atoms with Gasteiger partial charge in [0.15, 0.2) is 13.2 Å². The monoisotopic (exact) mass is 734 g/mol. The summed E-state index contributed by atoms with van der Waals surface area (Å²) >= 11 is 7.12. The third-order valence-corrected chi connectivity index (χ3v) is 8.51. The lowest BCUT2D eigenvalue weighted by atomic mass is 10.1. The molecule has 0 saturated carbocycles. The van der Waals surface area contributed by atoms with E-state index in [1.807, 2.05) is 133 Å². The van der Waals surface area contributed by atoms with Crippen molar-refractivity contribution in [1.29, 1.82) is 0 Å². The highest BCUT2D eigenvalue weighted by Gasteiger charge is 2.13. The van der Waals surface area contributed by atoms with E-state index >= 15 is 0 Å². The van der Waals surface area contributed by atoms with Gasteiger partial charge in [0.05, 0.1) is 8.95 Å². The Balaban J connectivity index is 1.07. The van der Waals surface area contributed by atoms with Crippen LogP contribution in [0.4, 0.5) is 11.4 Å². The van der Waals surface area contributed by atoms with Crippen molar-refractivity contribution in [1.82, 2.24) is 0 Å². The molecule has 0 saturated heterocycles. The van der Waals surface area contributed by atoms with Crippen molar-refractivity contribution in [3.63, 3.8) is 0 Å². The number of fused-ring (bicyclic) bond motifs is 1. The van der Waals surface area contributed by atoms with Crippen molar-refractivity contribution in [2.24, 2.45) is 0 Å². The summed E-state index contributed by atoms with van der Waals surface area (Å²) in [5, 5.41) is 7.44. The molecule has 6 rings (SSSR count). The summed E-state index contributed by atoms with van der Waals surface area (Å²) in [6.45, 7) is -0.343. The van der Waals surface area contributed by atoms with Crippen LogP contribution in [0.25, 0.3) is 33.0 Å². The largest absolute Gasteiger partial charge is 0.483 e. The SMILES string of the molecule is O=C(COc1ccc(-c2ccccc2)cc1Br)Nc1cccc2c(NC(=O)COc3ccc(-c4ccccc4)cc3Br)cccc12. The Kier molecular flexibility index (Phi) is 9.76. The quantitative estimate of drug-likeness (QED) is 0.147. The predicted octanol–water partition coefficient (Wildman–Crippen LogP) is 9.73. The van der Waals surface area contributed by atoms with Crippen LogP contribution in [-0.2, 0) is 9.59 Å². The Morgan fingerprint density at radius 2 is 0.891 bits per heavy atom. The lowest BCUT2D eigenvalue weighted by Gasteiger charge is -2.14. The lowest BCUT2D eigenvalue weighted by molar-refractivity contribution is -0.118. The van der Waals surface area contributed by atoms with Gasteiger partial charge in [-0.3, -0.25) is 9.59 Å². The molecule has 6 aromatic rings. The summed E-state index contributed by atoms with van der Waals surface area (Å²) < 4.78 is 13.1. The molecule has 0 atom stereocenters. The molecule has 2 amide bonds. The Labute approximate surface area is 283 Å². The van der Waals surface area contributed by atoms with Crippen molar-refractivity contribution < 1.29 is 19.1 Å². The number of amides is 2. The molecule has 0 aliphatic carbocycles. The Morgan fingerprint density at radius 1 is 0.478 bits per heavy atom. The minimum absolute atomic E-state index is 0.171. The van der Waals surface area contributed by atoms with Crippen LogP contribution in [0.3, 0.4) is 0 Å². The fourth-order valence-corrected chi connectivity index (χ4v) is 6.03.